The summed E-state index contributed by atoms with van der Waals surface area (Å²) in [7, 11) is -3.70. The Morgan fingerprint density at radius 3 is 2.35 bits per heavy atom. The summed E-state index contributed by atoms with van der Waals surface area (Å²) in [6.07, 6.45) is 0. The van der Waals surface area contributed by atoms with Gasteiger partial charge in [-0.05, 0) is 52.3 Å². The average molecular weight is 337 g/mol. The Kier molecular flexibility index (Phi) is 4.71. The average Bonchev–Trinajstić information content (AvgIpc) is 2.76. The fourth-order valence-electron chi connectivity index (χ4n) is 2.67. The molecule has 1 aromatic carbocycles. The van der Waals surface area contributed by atoms with Crippen molar-refractivity contribution < 1.29 is 17.9 Å². The molecule has 1 heterocycles. The molecule has 0 radical (unpaired) electrons. The first-order valence-corrected chi connectivity index (χ1v) is 8.88. The Balaban J connectivity index is 2.23. The van der Waals surface area contributed by atoms with Gasteiger partial charge in [0, 0.05) is 12.1 Å². The number of furan rings is 1. The Hall–Kier alpha value is -1.63. The van der Waals surface area contributed by atoms with Crippen LogP contribution in [0.2, 0.25) is 0 Å². The van der Waals surface area contributed by atoms with E-state index in [2.05, 4.69) is 4.72 Å². The molecule has 0 spiro atoms. The van der Waals surface area contributed by atoms with Gasteiger partial charge >= 0.3 is 0 Å². The molecule has 1 unspecified atom stereocenters. The van der Waals surface area contributed by atoms with E-state index in [9.17, 15) is 13.5 Å². The van der Waals surface area contributed by atoms with Crippen LogP contribution < -0.4 is 4.72 Å². The molecule has 0 aliphatic carbocycles. The Bertz CT molecular complexity index is 819. The maximum absolute atomic E-state index is 12.5. The maximum atomic E-state index is 12.5. The predicted molar refractivity (Wildman–Crippen MR) is 88.9 cm³/mol. The molecule has 5 nitrogen and oxygen atoms in total. The zero-order valence-electron chi connectivity index (χ0n) is 14.1. The van der Waals surface area contributed by atoms with Crippen LogP contribution in [-0.4, -0.2) is 20.1 Å². The van der Waals surface area contributed by atoms with Crippen molar-refractivity contribution in [2.24, 2.45) is 0 Å². The molecule has 0 aliphatic rings. The summed E-state index contributed by atoms with van der Waals surface area (Å²) in [4.78, 5) is 0.221. The van der Waals surface area contributed by atoms with Crippen LogP contribution >= 0.6 is 0 Å². The van der Waals surface area contributed by atoms with E-state index in [1.165, 1.54) is 0 Å². The quantitative estimate of drug-likeness (QED) is 0.879. The van der Waals surface area contributed by atoms with Crippen molar-refractivity contribution in [1.82, 2.24) is 4.72 Å². The number of sulfonamides is 1. The van der Waals surface area contributed by atoms with Crippen molar-refractivity contribution in [2.75, 3.05) is 6.54 Å². The lowest BCUT2D eigenvalue weighted by Gasteiger charge is -2.23. The normalized spacial score (nSPS) is 14.7. The van der Waals surface area contributed by atoms with E-state index in [-0.39, 0.29) is 11.4 Å². The third-order valence-corrected chi connectivity index (χ3v) is 5.41. The molecule has 0 saturated heterocycles. The highest BCUT2D eigenvalue weighted by Gasteiger charge is 2.30. The van der Waals surface area contributed by atoms with Crippen LogP contribution in [0.5, 0.6) is 0 Å². The van der Waals surface area contributed by atoms with Gasteiger partial charge in [-0.25, -0.2) is 13.1 Å². The molecule has 126 valence electrons. The molecule has 2 rings (SSSR count). The highest BCUT2D eigenvalue weighted by molar-refractivity contribution is 7.89. The molecule has 0 bridgehead atoms. The van der Waals surface area contributed by atoms with Gasteiger partial charge in [0.05, 0.1) is 4.90 Å². The van der Waals surface area contributed by atoms with Gasteiger partial charge in [-0.1, -0.05) is 17.7 Å². The highest BCUT2D eigenvalue weighted by atomic mass is 32.2. The first-order valence-electron chi connectivity index (χ1n) is 7.40. The summed E-state index contributed by atoms with van der Waals surface area (Å²) in [6, 6.07) is 6.87. The molecule has 0 amide bonds. The van der Waals surface area contributed by atoms with E-state index in [1.807, 2.05) is 13.0 Å². The Morgan fingerprint density at radius 1 is 1.17 bits per heavy atom. The third-order valence-electron chi connectivity index (χ3n) is 3.85. The van der Waals surface area contributed by atoms with Crippen molar-refractivity contribution in [3.63, 3.8) is 0 Å². The van der Waals surface area contributed by atoms with Crippen LogP contribution in [0.15, 0.2) is 33.6 Å². The van der Waals surface area contributed by atoms with E-state index >= 15 is 0 Å². The van der Waals surface area contributed by atoms with Crippen molar-refractivity contribution in [3.05, 3.63) is 52.5 Å². The topological polar surface area (TPSA) is 79.5 Å². The number of aliphatic hydroxyl groups is 1. The summed E-state index contributed by atoms with van der Waals surface area (Å²) >= 11 is 0. The summed E-state index contributed by atoms with van der Waals surface area (Å²) in [5.74, 6) is 1.26. The smallest absolute Gasteiger partial charge is 0.240 e. The SMILES string of the molecule is Cc1ccc(S(=O)(=O)NCC(C)(O)c2cc(C)oc2C)c(C)c1. The van der Waals surface area contributed by atoms with Gasteiger partial charge in [0.1, 0.15) is 17.1 Å². The number of hydrogen-bond donors (Lipinski definition) is 2. The number of aryl methyl sites for hydroxylation is 4. The summed E-state index contributed by atoms with van der Waals surface area (Å²) in [5, 5.41) is 10.6. The molecular formula is C17H23NO4S. The minimum Gasteiger partial charge on any atom is -0.466 e. The fraction of sp³-hybridized carbons (Fsp3) is 0.412. The molecule has 6 heteroatoms. The second-order valence-corrected chi connectivity index (χ2v) is 7.93. The lowest BCUT2D eigenvalue weighted by Crippen LogP contribution is -2.39. The van der Waals surface area contributed by atoms with Gasteiger partial charge < -0.3 is 9.52 Å². The van der Waals surface area contributed by atoms with Crippen molar-refractivity contribution in [3.8, 4) is 0 Å². The second-order valence-electron chi connectivity index (χ2n) is 6.19. The van der Waals surface area contributed by atoms with Gasteiger partial charge in [-0.2, -0.15) is 0 Å². The minimum atomic E-state index is -3.70. The number of rotatable bonds is 5. The zero-order chi connectivity index (χ0) is 17.4. The van der Waals surface area contributed by atoms with Crippen LogP contribution in [-0.2, 0) is 15.6 Å². The maximum Gasteiger partial charge on any atom is 0.240 e. The van der Waals surface area contributed by atoms with Crippen LogP contribution in [0.4, 0.5) is 0 Å². The van der Waals surface area contributed by atoms with Gasteiger partial charge in [0.25, 0.3) is 0 Å². The molecule has 23 heavy (non-hydrogen) atoms. The highest BCUT2D eigenvalue weighted by Crippen LogP contribution is 2.27. The van der Waals surface area contributed by atoms with Crippen molar-refractivity contribution >= 4 is 10.0 Å². The number of nitrogens with one attached hydrogen (secondary N) is 1. The first-order chi connectivity index (χ1) is 10.5. The Labute approximate surface area is 137 Å². The van der Waals surface area contributed by atoms with Crippen LogP contribution in [0.1, 0.15) is 35.1 Å². The van der Waals surface area contributed by atoms with Crippen molar-refractivity contribution in [1.29, 1.82) is 0 Å². The molecule has 0 saturated carbocycles. The second kappa shape index (κ2) is 6.11. The van der Waals surface area contributed by atoms with E-state index < -0.39 is 15.6 Å². The minimum absolute atomic E-state index is 0.136. The van der Waals surface area contributed by atoms with Gasteiger partial charge in [0.15, 0.2) is 0 Å². The monoisotopic (exact) mass is 337 g/mol. The molecule has 0 aliphatic heterocycles. The lowest BCUT2D eigenvalue weighted by molar-refractivity contribution is 0.0612. The number of hydrogen-bond acceptors (Lipinski definition) is 4. The van der Waals surface area contributed by atoms with Crippen LogP contribution in [0.25, 0.3) is 0 Å². The molecule has 1 atom stereocenters. The van der Waals surface area contributed by atoms with Crippen molar-refractivity contribution in [2.45, 2.75) is 45.1 Å². The van der Waals surface area contributed by atoms with E-state index in [0.29, 0.717) is 22.6 Å². The molecule has 2 aromatic rings. The summed E-state index contributed by atoms with van der Waals surface area (Å²) < 4.78 is 32.9. The third kappa shape index (κ3) is 3.83. The molecule has 0 fully saturated rings. The Morgan fingerprint density at radius 2 is 1.83 bits per heavy atom. The summed E-state index contributed by atoms with van der Waals surface area (Å²) in [6.45, 7) is 8.62. The van der Waals surface area contributed by atoms with Gasteiger partial charge in [-0.15, -0.1) is 0 Å². The standard InChI is InChI=1S/C17H23NO4S/c1-11-6-7-16(12(2)8-11)23(20,21)18-10-17(5,19)15-9-13(3)22-14(15)4/h6-9,18-19H,10H2,1-5H3. The van der Waals surface area contributed by atoms with E-state index in [1.54, 1.807) is 45.9 Å². The van der Waals surface area contributed by atoms with E-state index in [0.717, 1.165) is 5.56 Å². The van der Waals surface area contributed by atoms with Gasteiger partial charge in [0.2, 0.25) is 10.0 Å². The first kappa shape index (κ1) is 17.7. The molecule has 2 N–H and O–H groups in total. The zero-order valence-corrected chi connectivity index (χ0v) is 14.9. The number of benzene rings is 1. The van der Waals surface area contributed by atoms with Crippen LogP contribution in [0, 0.1) is 27.7 Å². The van der Waals surface area contributed by atoms with E-state index in [4.69, 9.17) is 4.42 Å². The predicted octanol–water partition coefficient (Wildman–Crippen LogP) is 2.70. The lowest BCUT2D eigenvalue weighted by atomic mass is 9.97. The van der Waals surface area contributed by atoms with Crippen LogP contribution in [0.3, 0.4) is 0 Å². The molecule has 1 aromatic heterocycles. The van der Waals surface area contributed by atoms with Gasteiger partial charge in [-0.3, -0.25) is 0 Å². The molecular weight excluding hydrogens is 314 g/mol. The fourth-order valence-corrected chi connectivity index (χ4v) is 4.03. The summed E-state index contributed by atoms with van der Waals surface area (Å²) in [5.41, 5.74) is 0.900. The largest absolute Gasteiger partial charge is 0.466 e.